The third-order valence-corrected chi connectivity index (χ3v) is 5.35. The van der Waals surface area contributed by atoms with Crippen molar-refractivity contribution in [2.75, 3.05) is 18.4 Å². The molecule has 0 radical (unpaired) electrons. The summed E-state index contributed by atoms with van der Waals surface area (Å²) in [5.41, 5.74) is 1.70. The average Bonchev–Trinajstić information content (AvgIpc) is 3.11. The van der Waals surface area contributed by atoms with Crippen LogP contribution in [0.3, 0.4) is 0 Å². The van der Waals surface area contributed by atoms with Crippen LogP contribution in [-0.4, -0.2) is 29.8 Å². The van der Waals surface area contributed by atoms with Gasteiger partial charge in [-0.15, -0.1) is 11.3 Å². The van der Waals surface area contributed by atoms with E-state index in [0.717, 1.165) is 29.0 Å². The van der Waals surface area contributed by atoms with E-state index in [4.69, 9.17) is 11.6 Å². The topological polar surface area (TPSA) is 49.4 Å². The summed E-state index contributed by atoms with van der Waals surface area (Å²) in [7, 11) is 0. The first-order valence-corrected chi connectivity index (χ1v) is 9.20. The maximum atomic E-state index is 12.6. The SMILES string of the molecule is Cc1cc(Cl)ccc1NC(=O)[C@H]1CCCN(C(=O)c2cccs2)C1. The highest BCUT2D eigenvalue weighted by molar-refractivity contribution is 7.12. The van der Waals surface area contributed by atoms with Crippen LogP contribution >= 0.6 is 22.9 Å². The summed E-state index contributed by atoms with van der Waals surface area (Å²) in [5.74, 6) is -0.202. The summed E-state index contributed by atoms with van der Waals surface area (Å²) in [5, 5.41) is 5.51. The number of carbonyl (C=O) groups excluding carboxylic acids is 2. The van der Waals surface area contributed by atoms with Gasteiger partial charge >= 0.3 is 0 Å². The zero-order valence-electron chi connectivity index (χ0n) is 13.4. The predicted molar refractivity (Wildman–Crippen MR) is 97.8 cm³/mol. The van der Waals surface area contributed by atoms with Crippen molar-refractivity contribution in [3.63, 3.8) is 0 Å². The minimum atomic E-state index is -0.183. The molecule has 2 heterocycles. The lowest BCUT2D eigenvalue weighted by Gasteiger charge is -2.31. The number of thiophene rings is 1. The molecule has 1 fully saturated rings. The van der Waals surface area contributed by atoms with Crippen molar-refractivity contribution >= 4 is 40.4 Å². The van der Waals surface area contributed by atoms with E-state index in [1.807, 2.05) is 36.6 Å². The molecule has 2 amide bonds. The molecule has 0 aliphatic carbocycles. The van der Waals surface area contributed by atoms with Crippen molar-refractivity contribution in [2.24, 2.45) is 5.92 Å². The van der Waals surface area contributed by atoms with Crippen LogP contribution in [0.1, 0.15) is 28.1 Å². The summed E-state index contributed by atoms with van der Waals surface area (Å²) in [6.07, 6.45) is 1.64. The van der Waals surface area contributed by atoms with E-state index in [1.54, 1.807) is 11.0 Å². The van der Waals surface area contributed by atoms with E-state index in [2.05, 4.69) is 5.32 Å². The molecule has 6 heteroatoms. The molecule has 1 aromatic heterocycles. The molecule has 1 aliphatic rings. The number of benzene rings is 1. The van der Waals surface area contributed by atoms with E-state index in [1.165, 1.54) is 11.3 Å². The molecule has 0 spiro atoms. The van der Waals surface area contributed by atoms with Gasteiger partial charge in [0.05, 0.1) is 10.8 Å². The first-order valence-electron chi connectivity index (χ1n) is 7.94. The van der Waals surface area contributed by atoms with Gasteiger partial charge in [0.1, 0.15) is 0 Å². The summed E-state index contributed by atoms with van der Waals surface area (Å²) in [6, 6.07) is 9.10. The van der Waals surface area contributed by atoms with Crippen LogP contribution in [0.2, 0.25) is 5.02 Å². The number of likely N-dealkylation sites (tertiary alicyclic amines) is 1. The highest BCUT2D eigenvalue weighted by atomic mass is 35.5. The van der Waals surface area contributed by atoms with Crippen molar-refractivity contribution in [2.45, 2.75) is 19.8 Å². The molecular weight excluding hydrogens is 344 g/mol. The molecule has 0 saturated carbocycles. The Morgan fingerprint density at radius 3 is 2.88 bits per heavy atom. The monoisotopic (exact) mass is 362 g/mol. The average molecular weight is 363 g/mol. The van der Waals surface area contributed by atoms with Crippen LogP contribution in [0.4, 0.5) is 5.69 Å². The molecule has 1 aromatic carbocycles. The van der Waals surface area contributed by atoms with Gasteiger partial charge < -0.3 is 10.2 Å². The van der Waals surface area contributed by atoms with E-state index in [-0.39, 0.29) is 17.7 Å². The Morgan fingerprint density at radius 1 is 1.33 bits per heavy atom. The number of anilines is 1. The quantitative estimate of drug-likeness (QED) is 0.889. The number of amides is 2. The van der Waals surface area contributed by atoms with Crippen LogP contribution in [0, 0.1) is 12.8 Å². The van der Waals surface area contributed by atoms with E-state index < -0.39 is 0 Å². The second kappa shape index (κ2) is 7.36. The Bertz CT molecular complexity index is 745. The number of carbonyl (C=O) groups is 2. The van der Waals surface area contributed by atoms with Crippen LogP contribution < -0.4 is 5.32 Å². The molecule has 4 nitrogen and oxygen atoms in total. The lowest BCUT2D eigenvalue weighted by molar-refractivity contribution is -0.121. The minimum Gasteiger partial charge on any atom is -0.337 e. The Hall–Kier alpha value is -1.85. The fourth-order valence-electron chi connectivity index (χ4n) is 2.93. The van der Waals surface area contributed by atoms with Crippen molar-refractivity contribution in [3.05, 3.63) is 51.2 Å². The number of nitrogens with one attached hydrogen (secondary N) is 1. The standard InChI is InChI=1S/C18H19ClN2O2S/c1-12-10-14(19)6-7-15(12)20-17(22)13-4-2-8-21(11-13)18(23)16-5-3-9-24-16/h3,5-7,9-10,13H,2,4,8,11H2,1H3,(H,20,22)/t13-/m0/s1. The van der Waals surface area contributed by atoms with Gasteiger partial charge in [0.2, 0.25) is 5.91 Å². The van der Waals surface area contributed by atoms with Crippen LogP contribution in [0.15, 0.2) is 35.7 Å². The van der Waals surface area contributed by atoms with E-state index >= 15 is 0 Å². The zero-order valence-corrected chi connectivity index (χ0v) is 15.0. The highest BCUT2D eigenvalue weighted by Crippen LogP contribution is 2.24. The molecule has 1 saturated heterocycles. The number of hydrogen-bond acceptors (Lipinski definition) is 3. The molecule has 1 aliphatic heterocycles. The Morgan fingerprint density at radius 2 is 2.17 bits per heavy atom. The Labute approximate surface area is 150 Å². The van der Waals surface area contributed by atoms with E-state index in [0.29, 0.717) is 18.1 Å². The summed E-state index contributed by atoms with van der Waals surface area (Å²) in [6.45, 7) is 3.09. The molecule has 2 aromatic rings. The first-order chi connectivity index (χ1) is 11.5. The number of rotatable bonds is 3. The summed E-state index contributed by atoms with van der Waals surface area (Å²) in [4.78, 5) is 27.6. The zero-order chi connectivity index (χ0) is 17.1. The third kappa shape index (κ3) is 3.79. The lowest BCUT2D eigenvalue weighted by atomic mass is 9.96. The number of halogens is 1. The molecular formula is C18H19ClN2O2S. The van der Waals surface area contributed by atoms with Gasteiger partial charge in [0, 0.05) is 23.8 Å². The summed E-state index contributed by atoms with van der Waals surface area (Å²) >= 11 is 7.39. The van der Waals surface area contributed by atoms with Crippen LogP contribution in [0.25, 0.3) is 0 Å². The largest absolute Gasteiger partial charge is 0.337 e. The lowest BCUT2D eigenvalue weighted by Crippen LogP contribution is -2.43. The Kier molecular flexibility index (Phi) is 5.21. The second-order valence-corrected chi connectivity index (χ2v) is 7.40. The van der Waals surface area contributed by atoms with Gasteiger partial charge in [0.15, 0.2) is 0 Å². The maximum absolute atomic E-state index is 12.6. The maximum Gasteiger partial charge on any atom is 0.263 e. The van der Waals surface area contributed by atoms with Gasteiger partial charge in [0.25, 0.3) is 5.91 Å². The molecule has 1 N–H and O–H groups in total. The number of piperidine rings is 1. The van der Waals surface area contributed by atoms with Gasteiger partial charge in [-0.2, -0.15) is 0 Å². The molecule has 1 atom stereocenters. The number of nitrogens with zero attached hydrogens (tertiary/aromatic N) is 1. The molecule has 126 valence electrons. The second-order valence-electron chi connectivity index (χ2n) is 6.02. The number of hydrogen-bond donors (Lipinski definition) is 1. The first kappa shape index (κ1) is 17.0. The van der Waals surface area contributed by atoms with Crippen molar-refractivity contribution < 1.29 is 9.59 Å². The Balaban J connectivity index is 1.65. The third-order valence-electron chi connectivity index (χ3n) is 4.26. The summed E-state index contributed by atoms with van der Waals surface area (Å²) < 4.78 is 0. The van der Waals surface area contributed by atoms with Crippen molar-refractivity contribution in [1.82, 2.24) is 4.90 Å². The van der Waals surface area contributed by atoms with Crippen LogP contribution in [-0.2, 0) is 4.79 Å². The van der Waals surface area contributed by atoms with Crippen molar-refractivity contribution in [1.29, 1.82) is 0 Å². The molecule has 0 unspecified atom stereocenters. The van der Waals surface area contributed by atoms with E-state index in [9.17, 15) is 9.59 Å². The normalized spacial score (nSPS) is 17.6. The van der Waals surface area contributed by atoms with Crippen molar-refractivity contribution in [3.8, 4) is 0 Å². The minimum absolute atomic E-state index is 0.0187. The van der Waals surface area contributed by atoms with Gasteiger partial charge in [-0.05, 0) is 55.0 Å². The fourth-order valence-corrected chi connectivity index (χ4v) is 3.85. The van der Waals surface area contributed by atoms with Gasteiger partial charge in [-0.1, -0.05) is 17.7 Å². The van der Waals surface area contributed by atoms with Gasteiger partial charge in [-0.25, -0.2) is 0 Å². The van der Waals surface area contributed by atoms with Gasteiger partial charge in [-0.3, -0.25) is 9.59 Å². The molecule has 24 heavy (non-hydrogen) atoms. The smallest absolute Gasteiger partial charge is 0.263 e. The predicted octanol–water partition coefficient (Wildman–Crippen LogP) is 4.20. The highest BCUT2D eigenvalue weighted by Gasteiger charge is 2.29. The molecule has 3 rings (SSSR count). The van der Waals surface area contributed by atoms with Crippen LogP contribution in [0.5, 0.6) is 0 Å². The number of aryl methyl sites for hydroxylation is 1. The fraction of sp³-hybridized carbons (Fsp3) is 0.333. The molecule has 0 bridgehead atoms.